The summed E-state index contributed by atoms with van der Waals surface area (Å²) in [6.45, 7) is 22.3. The summed E-state index contributed by atoms with van der Waals surface area (Å²) in [6.07, 6.45) is 3.17. The minimum Gasteiger partial charge on any atom is -0.507 e. The van der Waals surface area contributed by atoms with Gasteiger partial charge in [-0.25, -0.2) is 9.97 Å². The number of aromatic hydroxyl groups is 4. The van der Waals surface area contributed by atoms with Crippen molar-refractivity contribution in [2.45, 2.75) is 119 Å². The zero-order valence-electron chi connectivity index (χ0n) is 80.3. The van der Waals surface area contributed by atoms with Crippen LogP contribution >= 0.6 is 0 Å². The molecule has 8 heterocycles. The van der Waals surface area contributed by atoms with Gasteiger partial charge in [-0.05, 0) is 249 Å². The molecule has 18 aromatic rings. The number of aliphatic imine (C=N–C) groups is 4. The summed E-state index contributed by atoms with van der Waals surface area (Å²) in [5, 5.41) is 41.8. The summed E-state index contributed by atoms with van der Waals surface area (Å²) in [6, 6.07) is 130. The van der Waals surface area contributed by atoms with E-state index in [-0.39, 0.29) is 107 Å². The maximum atomic E-state index is 10.7. The van der Waals surface area contributed by atoms with E-state index in [1.54, 1.807) is 30.3 Å². The van der Waals surface area contributed by atoms with E-state index in [4.69, 9.17) is 39.9 Å². The van der Waals surface area contributed by atoms with Crippen molar-refractivity contribution >= 4 is 45.6 Å². The normalized spacial score (nSPS) is 12.2. The molecule has 0 aliphatic carbocycles. The molecule has 4 aliphatic heterocycles. The topological polar surface area (TPSA) is 182 Å². The summed E-state index contributed by atoms with van der Waals surface area (Å²) in [4.78, 5) is 39.9. The molecule has 0 fully saturated rings. The number of phenols is 4. The molecule has 716 valence electrons. The van der Waals surface area contributed by atoms with Crippen LogP contribution in [0.2, 0.25) is 0 Å². The van der Waals surface area contributed by atoms with Crippen molar-refractivity contribution in [3.8, 4) is 135 Å². The Hall–Kier alpha value is -13.7. The predicted molar refractivity (Wildman–Crippen MR) is 565 cm³/mol. The van der Waals surface area contributed by atoms with E-state index in [2.05, 4.69) is 227 Å². The molecule has 0 saturated heterocycles. The number of aromatic nitrogens is 4. The zero-order valence-corrected chi connectivity index (χ0v) is 89.3. The van der Waals surface area contributed by atoms with Gasteiger partial charge in [0.05, 0.1) is 56.9 Å². The average Bonchev–Trinajstić information content (AvgIpc) is 1.74. The standard InChI is InChI=1S/2C38H35N2O.2C25H17N2O.4Pt/c1-23(2)29-19-30(24(3)4)21-31(20-29)37-25(5)17-35(32-14-7-9-16-36(32)41)40-38(37)28-13-10-12-26(18-28)34-22-27-11-6-8-15-33(27)39-34;1-23(2)28-19-29(24(3)4)21-30(20-28)36-25(5)18-34(31-15-9-10-17-35(31)41)40-38(36)32-16-11-14-27-22-33(39-37(27)32)26-12-7-6-8-13-26;28-25-14-4-2-10-20(25)23-13-6-12-22(26-23)17-8-5-9-18(15-17)24-16-19-7-1-3-11-21(19)27-24;28-24-15-5-4-11-19(24)21-13-7-14-22(26-21)20-12-6-10-18-16-23(27-25(18)20)17-8-2-1-3-9-17;;;;/h6-17,19-21,23-24,41H,22H2,1-5H3;6-12,14-21,23-24,41H,22H2,1-5H3;1-14,28H,16H2;1-8,10-15,28H,16H2;;;;/q4*-1;;;;. The number of aryl methyl sites for hydroxylation is 2. The molecular weight excluding hydrogens is 2470 g/mol. The smallest absolute Gasteiger partial charge is 0.124 e. The Kier molecular flexibility index (Phi) is 33.2. The molecule has 16 heteroatoms. The van der Waals surface area contributed by atoms with Crippen molar-refractivity contribution < 1.29 is 105 Å². The van der Waals surface area contributed by atoms with Crippen molar-refractivity contribution in [2.75, 3.05) is 0 Å². The van der Waals surface area contributed by atoms with Crippen LogP contribution in [-0.4, -0.2) is 63.2 Å². The van der Waals surface area contributed by atoms with Crippen LogP contribution in [0.25, 0.3) is 112 Å². The quantitative estimate of drug-likeness (QED) is 0.0612. The molecule has 12 nitrogen and oxygen atoms in total. The Balaban J connectivity index is 0.000000144. The Morgan fingerprint density at radius 3 is 0.972 bits per heavy atom. The van der Waals surface area contributed by atoms with Gasteiger partial charge in [0.1, 0.15) is 23.0 Å². The molecule has 0 saturated carbocycles. The van der Waals surface area contributed by atoms with Crippen LogP contribution in [0.15, 0.2) is 372 Å². The minimum absolute atomic E-state index is 0. The molecule has 4 N–H and O–H groups in total. The first kappa shape index (κ1) is 103. The van der Waals surface area contributed by atoms with E-state index in [0.29, 0.717) is 29.2 Å². The maximum absolute atomic E-state index is 10.7. The van der Waals surface area contributed by atoms with Crippen LogP contribution in [0.1, 0.15) is 157 Å². The van der Waals surface area contributed by atoms with E-state index >= 15 is 0 Å². The van der Waals surface area contributed by atoms with Crippen molar-refractivity contribution in [2.24, 2.45) is 20.0 Å². The number of rotatable bonds is 18. The molecule has 0 amide bonds. The van der Waals surface area contributed by atoms with Gasteiger partial charge in [0, 0.05) is 135 Å². The fraction of sp³-hybridized carbons (Fsp3) is 0.143. The van der Waals surface area contributed by atoms with Gasteiger partial charge < -0.3 is 20.4 Å². The summed E-state index contributed by atoms with van der Waals surface area (Å²) >= 11 is 0. The number of pyridine rings is 4. The van der Waals surface area contributed by atoms with Crippen LogP contribution < -0.4 is 0 Å². The number of nitrogens with zero attached hydrogens (tertiary/aromatic N) is 8. The zero-order chi connectivity index (χ0) is 95.2. The van der Waals surface area contributed by atoms with Crippen LogP contribution in [0, 0.1) is 38.1 Å². The molecule has 0 atom stereocenters. The Bertz CT molecular complexity index is 7770. The largest absolute Gasteiger partial charge is 0.507 e. The van der Waals surface area contributed by atoms with Gasteiger partial charge in [-0.3, -0.25) is 29.9 Å². The van der Waals surface area contributed by atoms with Crippen molar-refractivity contribution in [3.05, 3.63) is 454 Å². The van der Waals surface area contributed by atoms with Gasteiger partial charge in [-0.1, -0.05) is 242 Å². The third-order valence-corrected chi connectivity index (χ3v) is 25.8. The van der Waals surface area contributed by atoms with Gasteiger partial charge >= 0.3 is 0 Å². The van der Waals surface area contributed by atoms with E-state index in [9.17, 15) is 20.4 Å². The molecule has 4 aromatic heterocycles. The Labute approximate surface area is 890 Å². The van der Waals surface area contributed by atoms with Gasteiger partial charge in [0.25, 0.3) is 0 Å². The van der Waals surface area contributed by atoms with Crippen molar-refractivity contribution in [1.29, 1.82) is 0 Å². The van der Waals surface area contributed by atoms with Crippen LogP contribution in [-0.2, 0) is 110 Å². The van der Waals surface area contributed by atoms with E-state index in [1.165, 1.54) is 50.1 Å². The Morgan fingerprint density at radius 1 is 0.246 bits per heavy atom. The molecule has 0 unspecified atom stereocenters. The molecular formula is C126H104N8O4Pt4-4. The average molecular weight is 2570 g/mol. The summed E-state index contributed by atoms with van der Waals surface area (Å²) < 4.78 is 0. The second-order valence-corrected chi connectivity index (χ2v) is 36.7. The first-order valence-electron chi connectivity index (χ1n) is 47.3. The molecule has 22 rings (SSSR count). The summed E-state index contributed by atoms with van der Waals surface area (Å²) in [5.41, 5.74) is 42.1. The van der Waals surface area contributed by atoms with Crippen molar-refractivity contribution in [1.82, 2.24) is 19.9 Å². The third-order valence-electron chi connectivity index (χ3n) is 25.8. The number of fused-ring (bicyclic) bond motifs is 4. The second-order valence-electron chi connectivity index (χ2n) is 36.7. The SMILES string of the molecule is Cc1cc(-c2ccccc2O)nc(-c2[c-]c(C3=Nc4ccccc4C3)ccc2)c1-c1cc(C(C)C)cc(C(C)C)c1.Cc1cc(-c2ccccc2O)nc(-c2cccc3c2N=C(c2[c-]cccc2)C3)c1-c1cc(C(C)C)cc(C(C)C)c1.Oc1ccccc1-c1cccc(-c2[c-]c(C3=Nc4ccccc4C3)ccc2)n1.Oc1ccccc1-c1cccc(-c2cccc3c2N=C(c2[c-]cccc2)C3)n1.[Pt].[Pt].[Pt].[Pt]. The predicted octanol–water partition coefficient (Wildman–Crippen LogP) is 30.8. The number of para-hydroxylation sites is 8. The van der Waals surface area contributed by atoms with E-state index < -0.39 is 0 Å². The first-order chi connectivity index (χ1) is 67.1. The van der Waals surface area contributed by atoms with Gasteiger partial charge in [-0.2, -0.15) is 0 Å². The van der Waals surface area contributed by atoms with Crippen LogP contribution in [0.5, 0.6) is 23.0 Å². The van der Waals surface area contributed by atoms with Gasteiger partial charge in [-0.15, -0.1) is 131 Å². The summed E-state index contributed by atoms with van der Waals surface area (Å²) in [7, 11) is 0. The van der Waals surface area contributed by atoms with Crippen molar-refractivity contribution in [3.63, 3.8) is 0 Å². The fourth-order valence-corrected chi connectivity index (χ4v) is 18.4. The van der Waals surface area contributed by atoms with E-state index in [1.807, 2.05) is 188 Å². The number of hydrogen-bond acceptors (Lipinski definition) is 12. The monoisotopic (exact) mass is 2570 g/mol. The molecule has 0 bridgehead atoms. The Morgan fingerprint density at radius 2 is 0.549 bits per heavy atom. The summed E-state index contributed by atoms with van der Waals surface area (Å²) in [5.74, 6) is 2.51. The van der Waals surface area contributed by atoms with Crippen LogP contribution in [0.3, 0.4) is 0 Å². The molecule has 0 spiro atoms. The van der Waals surface area contributed by atoms with Gasteiger partial charge in [0.15, 0.2) is 0 Å². The van der Waals surface area contributed by atoms with Gasteiger partial charge in [0.2, 0.25) is 0 Å². The fourth-order valence-electron chi connectivity index (χ4n) is 18.4. The number of benzene rings is 14. The molecule has 4 aliphatic rings. The first-order valence-corrected chi connectivity index (χ1v) is 47.3. The van der Waals surface area contributed by atoms with E-state index in [0.717, 1.165) is 206 Å². The number of phenolic OH excluding ortho intramolecular Hbond substituents is 4. The number of hydrogen-bond donors (Lipinski definition) is 4. The molecule has 0 radical (unpaired) electrons. The maximum Gasteiger partial charge on any atom is 0.124 e. The molecule has 14 aromatic carbocycles. The van der Waals surface area contributed by atoms with Crippen LogP contribution in [0.4, 0.5) is 22.7 Å². The third kappa shape index (κ3) is 22.6. The minimum atomic E-state index is 0. The molecule has 142 heavy (non-hydrogen) atoms. The second kappa shape index (κ2) is 45.9.